The second-order valence-electron chi connectivity index (χ2n) is 6.51. The molecule has 0 radical (unpaired) electrons. The van der Waals surface area contributed by atoms with Crippen molar-refractivity contribution in [1.29, 1.82) is 0 Å². The van der Waals surface area contributed by atoms with Gasteiger partial charge in [0.2, 0.25) is 0 Å². The summed E-state index contributed by atoms with van der Waals surface area (Å²) in [6.45, 7) is 2.55. The van der Waals surface area contributed by atoms with Gasteiger partial charge in [-0.05, 0) is 24.3 Å². The van der Waals surface area contributed by atoms with Crippen LogP contribution in [0, 0.1) is 0 Å². The molecule has 138 valence electrons. The molecule has 0 atom stereocenters. The Labute approximate surface area is 157 Å². The molecule has 1 aliphatic rings. The zero-order valence-corrected chi connectivity index (χ0v) is 15.2. The van der Waals surface area contributed by atoms with Gasteiger partial charge in [-0.1, -0.05) is 23.7 Å². The molecular weight excluding hydrogens is 354 g/mol. The molecule has 1 aromatic heterocycles. The molecule has 1 fully saturated rings. The Morgan fingerprint density at radius 2 is 1.92 bits per heavy atom. The van der Waals surface area contributed by atoms with Gasteiger partial charge < -0.3 is 20.0 Å². The fourth-order valence-electron chi connectivity index (χ4n) is 3.14. The summed E-state index contributed by atoms with van der Waals surface area (Å²) >= 11 is 6.07. The molecule has 0 spiro atoms. The van der Waals surface area contributed by atoms with Crippen LogP contribution in [0.2, 0.25) is 5.02 Å². The van der Waals surface area contributed by atoms with E-state index in [0.717, 1.165) is 31.7 Å². The van der Waals surface area contributed by atoms with Crippen LogP contribution >= 0.6 is 11.6 Å². The first-order chi connectivity index (χ1) is 12.6. The van der Waals surface area contributed by atoms with Gasteiger partial charge in [0.05, 0.1) is 36.5 Å². The minimum absolute atomic E-state index is 0.00922. The van der Waals surface area contributed by atoms with Crippen molar-refractivity contribution in [1.82, 2.24) is 10.6 Å². The topological polar surface area (TPSA) is 75.8 Å². The maximum absolute atomic E-state index is 12.3. The largest absolute Gasteiger partial charge is 0.467 e. The number of likely N-dealkylation sites (tertiary alicyclic amines) is 1. The quantitative estimate of drug-likeness (QED) is 0.704. The number of nitrogens with one attached hydrogen (secondary N) is 3. The molecule has 7 heteroatoms. The summed E-state index contributed by atoms with van der Waals surface area (Å²) < 4.78 is 5.20. The van der Waals surface area contributed by atoms with Gasteiger partial charge in [0.1, 0.15) is 5.76 Å². The lowest BCUT2D eigenvalue weighted by Gasteiger charge is -2.29. The first-order valence-corrected chi connectivity index (χ1v) is 9.17. The van der Waals surface area contributed by atoms with E-state index in [-0.39, 0.29) is 17.9 Å². The number of amides is 2. The number of piperidine rings is 1. The number of hydrogen-bond acceptors (Lipinski definition) is 3. The van der Waals surface area contributed by atoms with Gasteiger partial charge in [-0.3, -0.25) is 9.59 Å². The molecule has 0 saturated carbocycles. The maximum Gasteiger partial charge on any atom is 0.275 e. The third-order valence-electron chi connectivity index (χ3n) is 4.60. The normalized spacial score (nSPS) is 19.7. The minimum Gasteiger partial charge on any atom is -0.467 e. The summed E-state index contributed by atoms with van der Waals surface area (Å²) in [5.74, 6) is 0.615. The zero-order chi connectivity index (χ0) is 18.4. The molecule has 2 heterocycles. The van der Waals surface area contributed by atoms with Crippen LogP contribution in [0.25, 0.3) is 0 Å². The molecule has 0 unspecified atom stereocenters. The Morgan fingerprint density at radius 3 is 2.62 bits per heavy atom. The molecule has 2 amide bonds. The smallest absolute Gasteiger partial charge is 0.275 e. The van der Waals surface area contributed by atoms with Gasteiger partial charge >= 0.3 is 0 Å². The number of quaternary nitrogens is 1. The highest BCUT2D eigenvalue weighted by atomic mass is 35.5. The number of hydrogen-bond donors (Lipinski definition) is 3. The molecule has 3 rings (SSSR count). The standard InChI is InChI=1S/C19H22ClN3O3/c20-17-6-2-1-5-16(17)19(25)22-14-7-9-23(10-8-14)13-18(24)21-12-15-4-3-11-26-15/h1-6,11,14H,7-10,12-13H2,(H,21,24)(H,22,25)/p+1. The fourth-order valence-corrected chi connectivity index (χ4v) is 3.37. The lowest BCUT2D eigenvalue weighted by atomic mass is 10.0. The third-order valence-corrected chi connectivity index (χ3v) is 4.93. The van der Waals surface area contributed by atoms with Crippen molar-refractivity contribution in [2.45, 2.75) is 25.4 Å². The zero-order valence-electron chi connectivity index (χ0n) is 14.5. The van der Waals surface area contributed by atoms with E-state index in [1.54, 1.807) is 36.6 Å². The van der Waals surface area contributed by atoms with Crippen LogP contribution in [0.5, 0.6) is 0 Å². The Kier molecular flexibility index (Phi) is 6.30. The summed E-state index contributed by atoms with van der Waals surface area (Å²) in [5.41, 5.74) is 0.501. The van der Waals surface area contributed by atoms with Crippen LogP contribution in [-0.2, 0) is 11.3 Å². The number of benzene rings is 1. The minimum atomic E-state index is -0.139. The van der Waals surface area contributed by atoms with Crippen molar-refractivity contribution in [3.05, 3.63) is 59.0 Å². The summed E-state index contributed by atoms with van der Waals surface area (Å²) in [6.07, 6.45) is 3.28. The SMILES string of the molecule is O=C(C[NH+]1CCC(NC(=O)c2ccccc2Cl)CC1)NCc1ccco1. The van der Waals surface area contributed by atoms with Crippen molar-refractivity contribution in [3.63, 3.8) is 0 Å². The van der Waals surface area contributed by atoms with E-state index in [4.69, 9.17) is 16.0 Å². The van der Waals surface area contributed by atoms with Crippen molar-refractivity contribution < 1.29 is 18.9 Å². The number of carbonyl (C=O) groups is 2. The van der Waals surface area contributed by atoms with E-state index in [9.17, 15) is 9.59 Å². The van der Waals surface area contributed by atoms with Gasteiger partial charge in [-0.15, -0.1) is 0 Å². The monoisotopic (exact) mass is 376 g/mol. The average molecular weight is 377 g/mol. The molecule has 0 aliphatic carbocycles. The summed E-state index contributed by atoms with van der Waals surface area (Å²) in [7, 11) is 0. The molecule has 6 nitrogen and oxygen atoms in total. The fraction of sp³-hybridized carbons (Fsp3) is 0.368. The average Bonchev–Trinajstić information content (AvgIpc) is 3.15. The number of halogens is 1. The second kappa shape index (κ2) is 8.87. The van der Waals surface area contributed by atoms with E-state index in [2.05, 4.69) is 10.6 Å². The first kappa shape index (κ1) is 18.5. The van der Waals surface area contributed by atoms with Crippen LogP contribution in [-0.4, -0.2) is 37.5 Å². The molecule has 3 N–H and O–H groups in total. The maximum atomic E-state index is 12.3. The highest BCUT2D eigenvalue weighted by Gasteiger charge is 2.25. The van der Waals surface area contributed by atoms with Crippen molar-refractivity contribution >= 4 is 23.4 Å². The lowest BCUT2D eigenvalue weighted by molar-refractivity contribution is -0.897. The van der Waals surface area contributed by atoms with Crippen LogP contribution in [0.1, 0.15) is 29.0 Å². The van der Waals surface area contributed by atoms with E-state index < -0.39 is 0 Å². The van der Waals surface area contributed by atoms with Gasteiger partial charge in [0, 0.05) is 18.9 Å². The Morgan fingerprint density at radius 1 is 1.15 bits per heavy atom. The molecule has 1 aliphatic heterocycles. The van der Waals surface area contributed by atoms with Crippen molar-refractivity contribution in [2.75, 3.05) is 19.6 Å². The lowest BCUT2D eigenvalue weighted by Crippen LogP contribution is -3.14. The molecule has 2 aromatic rings. The van der Waals surface area contributed by atoms with Crippen molar-refractivity contribution in [3.8, 4) is 0 Å². The second-order valence-corrected chi connectivity index (χ2v) is 6.92. The highest BCUT2D eigenvalue weighted by Crippen LogP contribution is 2.15. The van der Waals surface area contributed by atoms with Crippen LogP contribution in [0.3, 0.4) is 0 Å². The van der Waals surface area contributed by atoms with E-state index in [1.807, 2.05) is 6.07 Å². The third kappa shape index (κ3) is 5.09. The number of carbonyl (C=O) groups excluding carboxylic acids is 2. The molecule has 1 aromatic carbocycles. The molecular formula is C19H23ClN3O3+. The molecule has 0 bridgehead atoms. The van der Waals surface area contributed by atoms with E-state index in [0.29, 0.717) is 23.7 Å². The van der Waals surface area contributed by atoms with E-state index >= 15 is 0 Å². The van der Waals surface area contributed by atoms with Crippen LogP contribution in [0.15, 0.2) is 47.1 Å². The van der Waals surface area contributed by atoms with Crippen LogP contribution < -0.4 is 15.5 Å². The Balaban J connectivity index is 1.39. The van der Waals surface area contributed by atoms with Gasteiger partial charge in [-0.2, -0.15) is 0 Å². The highest BCUT2D eigenvalue weighted by molar-refractivity contribution is 6.33. The predicted molar refractivity (Wildman–Crippen MR) is 98.1 cm³/mol. The van der Waals surface area contributed by atoms with E-state index in [1.165, 1.54) is 4.90 Å². The first-order valence-electron chi connectivity index (χ1n) is 8.80. The molecule has 26 heavy (non-hydrogen) atoms. The van der Waals surface area contributed by atoms with Gasteiger partial charge in [-0.25, -0.2) is 0 Å². The summed E-state index contributed by atoms with van der Waals surface area (Å²) in [4.78, 5) is 25.6. The van der Waals surface area contributed by atoms with Gasteiger partial charge in [0.25, 0.3) is 11.8 Å². The number of furan rings is 1. The Hall–Kier alpha value is -2.31. The van der Waals surface area contributed by atoms with Crippen LogP contribution in [0.4, 0.5) is 0 Å². The predicted octanol–water partition coefficient (Wildman–Crippen LogP) is 1.03. The number of rotatable bonds is 6. The summed E-state index contributed by atoms with van der Waals surface area (Å²) in [5, 5.41) is 6.37. The van der Waals surface area contributed by atoms with Crippen molar-refractivity contribution in [2.24, 2.45) is 0 Å². The Bertz CT molecular complexity index is 740. The summed E-state index contributed by atoms with van der Waals surface area (Å²) in [6, 6.07) is 10.8. The van der Waals surface area contributed by atoms with Gasteiger partial charge in [0.15, 0.2) is 6.54 Å². The molecule has 1 saturated heterocycles.